The standard InChI is InChI=1S/C21H27FN4O2/c1-14(17-6-5-7-18(12-17)28-4)24-21(27)26-11-10-25(15(2)16(26)3)20-8-9-23-13-19(20)22/h5-9,12-16H,10-11H2,1-4H3,(H,24,27)/t14-,15-,16+/m1/s1. The molecule has 1 aromatic carbocycles. The molecule has 0 saturated carbocycles. The highest BCUT2D eigenvalue weighted by molar-refractivity contribution is 5.75. The second kappa shape index (κ2) is 8.46. The van der Waals surface area contributed by atoms with E-state index in [4.69, 9.17) is 4.74 Å². The molecule has 0 bridgehead atoms. The van der Waals surface area contributed by atoms with Gasteiger partial charge in [0.1, 0.15) is 5.75 Å². The number of aromatic nitrogens is 1. The molecule has 1 fully saturated rings. The minimum Gasteiger partial charge on any atom is -0.497 e. The van der Waals surface area contributed by atoms with Gasteiger partial charge < -0.3 is 19.9 Å². The summed E-state index contributed by atoms with van der Waals surface area (Å²) < 4.78 is 19.4. The third kappa shape index (κ3) is 4.03. The van der Waals surface area contributed by atoms with Gasteiger partial charge in [-0.1, -0.05) is 12.1 Å². The Morgan fingerprint density at radius 3 is 2.79 bits per heavy atom. The van der Waals surface area contributed by atoms with Crippen LogP contribution in [0.3, 0.4) is 0 Å². The summed E-state index contributed by atoms with van der Waals surface area (Å²) in [5.41, 5.74) is 1.50. The maximum Gasteiger partial charge on any atom is 0.318 e. The van der Waals surface area contributed by atoms with Crippen LogP contribution in [0.1, 0.15) is 32.4 Å². The summed E-state index contributed by atoms with van der Waals surface area (Å²) in [7, 11) is 1.62. The molecule has 2 amide bonds. The van der Waals surface area contributed by atoms with Crippen molar-refractivity contribution in [3.8, 4) is 5.75 Å². The summed E-state index contributed by atoms with van der Waals surface area (Å²) in [6.45, 7) is 7.03. The molecule has 1 aromatic heterocycles. The molecule has 1 N–H and O–H groups in total. The van der Waals surface area contributed by atoms with Crippen molar-refractivity contribution < 1.29 is 13.9 Å². The predicted molar refractivity (Wildman–Crippen MR) is 107 cm³/mol. The third-order valence-corrected chi connectivity index (χ3v) is 5.52. The van der Waals surface area contributed by atoms with Crippen LogP contribution in [-0.2, 0) is 0 Å². The third-order valence-electron chi connectivity index (χ3n) is 5.52. The Morgan fingerprint density at radius 1 is 1.29 bits per heavy atom. The van der Waals surface area contributed by atoms with E-state index in [0.29, 0.717) is 18.8 Å². The molecule has 0 unspecified atom stereocenters. The van der Waals surface area contributed by atoms with E-state index in [2.05, 4.69) is 10.3 Å². The number of nitrogens with zero attached hydrogens (tertiary/aromatic N) is 3. The normalized spacial score (nSPS) is 20.6. The van der Waals surface area contributed by atoms with Crippen molar-refractivity contribution in [2.24, 2.45) is 0 Å². The van der Waals surface area contributed by atoms with Crippen LogP contribution >= 0.6 is 0 Å². The van der Waals surface area contributed by atoms with Crippen molar-refractivity contribution in [3.05, 3.63) is 54.1 Å². The number of anilines is 1. The SMILES string of the molecule is COc1cccc([C@@H](C)NC(=O)N2CCN(c3ccncc3F)[C@H](C)[C@@H]2C)c1. The molecule has 3 rings (SSSR count). The second-order valence-electron chi connectivity index (χ2n) is 7.14. The Bertz CT molecular complexity index is 832. The van der Waals surface area contributed by atoms with Crippen molar-refractivity contribution in [3.63, 3.8) is 0 Å². The molecule has 2 heterocycles. The highest BCUT2D eigenvalue weighted by atomic mass is 19.1. The number of hydrogen-bond acceptors (Lipinski definition) is 4. The monoisotopic (exact) mass is 386 g/mol. The number of hydrogen-bond donors (Lipinski definition) is 1. The van der Waals surface area contributed by atoms with Crippen LogP contribution in [-0.4, -0.2) is 48.2 Å². The fourth-order valence-corrected chi connectivity index (χ4v) is 3.63. The van der Waals surface area contributed by atoms with Gasteiger partial charge in [0.15, 0.2) is 5.82 Å². The first-order valence-corrected chi connectivity index (χ1v) is 9.49. The zero-order valence-corrected chi connectivity index (χ0v) is 16.7. The highest BCUT2D eigenvalue weighted by Gasteiger charge is 2.34. The Hall–Kier alpha value is -2.83. The quantitative estimate of drug-likeness (QED) is 0.872. The van der Waals surface area contributed by atoms with E-state index >= 15 is 0 Å². The zero-order valence-electron chi connectivity index (χ0n) is 16.7. The molecule has 150 valence electrons. The van der Waals surface area contributed by atoms with Gasteiger partial charge in [0.25, 0.3) is 0 Å². The molecule has 0 spiro atoms. The Kier molecular flexibility index (Phi) is 6.02. The van der Waals surface area contributed by atoms with E-state index in [1.165, 1.54) is 6.20 Å². The highest BCUT2D eigenvalue weighted by Crippen LogP contribution is 2.27. The molecule has 1 aliphatic rings. The maximum atomic E-state index is 14.1. The van der Waals surface area contributed by atoms with Crippen LogP contribution in [0.25, 0.3) is 0 Å². The van der Waals surface area contributed by atoms with Crippen LogP contribution in [0.5, 0.6) is 5.75 Å². The number of methoxy groups -OCH3 is 1. The number of amides is 2. The van der Waals surface area contributed by atoms with Crippen molar-refractivity contribution >= 4 is 11.7 Å². The molecule has 6 nitrogen and oxygen atoms in total. The van der Waals surface area contributed by atoms with Gasteiger partial charge in [-0.2, -0.15) is 0 Å². The van der Waals surface area contributed by atoms with Crippen LogP contribution < -0.4 is 15.0 Å². The van der Waals surface area contributed by atoms with Crippen molar-refractivity contribution in [2.75, 3.05) is 25.1 Å². The lowest BCUT2D eigenvalue weighted by Crippen LogP contribution is -2.61. The van der Waals surface area contributed by atoms with Gasteiger partial charge in [0, 0.05) is 25.3 Å². The van der Waals surface area contributed by atoms with Crippen molar-refractivity contribution in [1.29, 1.82) is 0 Å². The van der Waals surface area contributed by atoms with Crippen molar-refractivity contribution in [2.45, 2.75) is 38.9 Å². The van der Waals surface area contributed by atoms with Crippen LogP contribution in [0.2, 0.25) is 0 Å². The Morgan fingerprint density at radius 2 is 2.07 bits per heavy atom. The maximum absolute atomic E-state index is 14.1. The predicted octanol–water partition coefficient (Wildman–Crippen LogP) is 3.60. The van der Waals surface area contributed by atoms with E-state index in [9.17, 15) is 9.18 Å². The summed E-state index contributed by atoms with van der Waals surface area (Å²) >= 11 is 0. The van der Waals surface area contributed by atoms with Crippen LogP contribution in [0.15, 0.2) is 42.7 Å². The van der Waals surface area contributed by atoms with E-state index in [-0.39, 0.29) is 30.0 Å². The molecule has 1 saturated heterocycles. The lowest BCUT2D eigenvalue weighted by Gasteiger charge is -2.46. The fourth-order valence-electron chi connectivity index (χ4n) is 3.63. The first kappa shape index (κ1) is 19.9. The van der Waals surface area contributed by atoms with E-state index in [1.54, 1.807) is 19.4 Å². The molecule has 1 aliphatic heterocycles. The fraction of sp³-hybridized carbons (Fsp3) is 0.429. The number of rotatable bonds is 4. The Balaban J connectivity index is 1.67. The largest absolute Gasteiger partial charge is 0.497 e. The zero-order chi connectivity index (χ0) is 20.3. The second-order valence-corrected chi connectivity index (χ2v) is 7.14. The van der Waals surface area contributed by atoms with Crippen LogP contribution in [0.4, 0.5) is 14.9 Å². The topological polar surface area (TPSA) is 57.7 Å². The number of carbonyl (C=O) groups excluding carboxylic acids is 1. The van der Waals surface area contributed by atoms with Gasteiger partial charge >= 0.3 is 6.03 Å². The molecule has 0 aliphatic carbocycles. The van der Waals surface area contributed by atoms with E-state index in [0.717, 1.165) is 11.3 Å². The number of nitrogens with one attached hydrogen (secondary N) is 1. The average molecular weight is 386 g/mol. The summed E-state index contributed by atoms with van der Waals surface area (Å²) in [6.07, 6.45) is 2.81. The number of carbonyl (C=O) groups is 1. The molecular weight excluding hydrogens is 359 g/mol. The number of urea groups is 1. The van der Waals surface area contributed by atoms with E-state index < -0.39 is 0 Å². The van der Waals surface area contributed by atoms with Gasteiger partial charge in [-0.15, -0.1) is 0 Å². The first-order valence-electron chi connectivity index (χ1n) is 9.49. The Labute approximate surface area is 165 Å². The number of halogens is 1. The lowest BCUT2D eigenvalue weighted by molar-refractivity contribution is 0.153. The lowest BCUT2D eigenvalue weighted by atomic mass is 10.0. The number of pyridine rings is 1. The summed E-state index contributed by atoms with van der Waals surface area (Å²) in [6, 6.07) is 8.97. The first-order chi connectivity index (χ1) is 13.4. The van der Waals surface area contributed by atoms with Crippen molar-refractivity contribution in [1.82, 2.24) is 15.2 Å². The number of benzene rings is 1. The minimum atomic E-state index is -0.342. The molecule has 3 atom stereocenters. The molecule has 0 radical (unpaired) electrons. The molecule has 2 aromatic rings. The van der Waals surface area contributed by atoms with Gasteiger partial charge in [-0.3, -0.25) is 4.98 Å². The molecular formula is C21H27FN4O2. The smallest absolute Gasteiger partial charge is 0.318 e. The number of piperazine rings is 1. The number of ether oxygens (including phenoxy) is 1. The van der Waals surface area contributed by atoms with E-state index in [1.807, 2.05) is 54.8 Å². The average Bonchev–Trinajstić information content (AvgIpc) is 2.70. The van der Waals surface area contributed by atoms with Gasteiger partial charge in [-0.25, -0.2) is 9.18 Å². The minimum absolute atomic E-state index is 0.0245. The summed E-state index contributed by atoms with van der Waals surface area (Å²) in [4.78, 5) is 20.5. The van der Waals surface area contributed by atoms with Gasteiger partial charge in [0.2, 0.25) is 0 Å². The van der Waals surface area contributed by atoms with Crippen LogP contribution in [0, 0.1) is 5.82 Å². The molecule has 28 heavy (non-hydrogen) atoms. The van der Waals surface area contributed by atoms with Gasteiger partial charge in [-0.05, 0) is 44.5 Å². The summed E-state index contributed by atoms with van der Waals surface area (Å²) in [5, 5.41) is 3.06. The van der Waals surface area contributed by atoms with Gasteiger partial charge in [0.05, 0.1) is 31.1 Å². The molecule has 7 heteroatoms. The summed E-state index contributed by atoms with van der Waals surface area (Å²) in [5.74, 6) is 0.416.